The van der Waals surface area contributed by atoms with E-state index in [1.165, 1.54) is 6.08 Å². The van der Waals surface area contributed by atoms with Crippen LogP contribution in [0.1, 0.15) is 12.5 Å². The van der Waals surface area contributed by atoms with Crippen LogP contribution in [0, 0.1) is 11.3 Å². The zero-order chi connectivity index (χ0) is 19.9. The topological polar surface area (TPSA) is 84.1 Å². The van der Waals surface area contributed by atoms with E-state index in [2.05, 4.69) is 5.32 Å². The molecule has 0 spiro atoms. The summed E-state index contributed by atoms with van der Waals surface area (Å²) in [5.74, 6) is -0.836. The van der Waals surface area contributed by atoms with Gasteiger partial charge in [0.2, 0.25) is 0 Å². The average Bonchev–Trinajstić information content (AvgIpc) is 3.04. The standard InChI is InChI=1S/C22H19N3O3/c1-2-28-21(26)15-25-14-17(19-10-6-7-11-20(19)25)12-16(13-23)22(27)24-18-8-4-3-5-9-18/h3-12,14H,2,15H2,1H3,(H,24,27). The Morgan fingerprint density at radius 3 is 2.57 bits per heavy atom. The van der Waals surface area contributed by atoms with E-state index in [0.29, 0.717) is 17.9 Å². The van der Waals surface area contributed by atoms with Crippen molar-refractivity contribution in [2.75, 3.05) is 11.9 Å². The number of anilines is 1. The maximum absolute atomic E-state index is 12.5. The fourth-order valence-electron chi connectivity index (χ4n) is 2.89. The molecule has 6 nitrogen and oxygen atoms in total. The SMILES string of the molecule is CCOC(=O)Cn1cc(C=C(C#N)C(=O)Nc2ccccc2)c2ccccc21. The van der Waals surface area contributed by atoms with E-state index in [4.69, 9.17) is 4.74 Å². The van der Waals surface area contributed by atoms with Gasteiger partial charge < -0.3 is 14.6 Å². The molecule has 0 aliphatic heterocycles. The molecule has 1 aromatic heterocycles. The number of hydrogen-bond acceptors (Lipinski definition) is 4. The van der Waals surface area contributed by atoms with Crippen LogP contribution in [0.3, 0.4) is 0 Å². The van der Waals surface area contributed by atoms with Crippen molar-refractivity contribution in [3.63, 3.8) is 0 Å². The first-order valence-corrected chi connectivity index (χ1v) is 8.84. The molecule has 3 aromatic rings. The van der Waals surface area contributed by atoms with Crippen LogP contribution in [-0.2, 0) is 20.9 Å². The highest BCUT2D eigenvalue weighted by atomic mass is 16.5. The first-order valence-electron chi connectivity index (χ1n) is 8.84. The first-order chi connectivity index (χ1) is 13.6. The normalized spacial score (nSPS) is 11.1. The molecular weight excluding hydrogens is 354 g/mol. The number of nitrogens with one attached hydrogen (secondary N) is 1. The van der Waals surface area contributed by atoms with Crippen molar-refractivity contribution in [3.05, 3.63) is 71.9 Å². The Kier molecular flexibility index (Phi) is 5.87. The molecule has 1 heterocycles. The largest absolute Gasteiger partial charge is 0.465 e. The smallest absolute Gasteiger partial charge is 0.325 e. The zero-order valence-corrected chi connectivity index (χ0v) is 15.4. The van der Waals surface area contributed by atoms with Crippen LogP contribution in [0.5, 0.6) is 0 Å². The second kappa shape index (κ2) is 8.69. The molecule has 3 rings (SSSR count). The highest BCUT2D eigenvalue weighted by molar-refractivity contribution is 6.10. The third-order valence-corrected chi connectivity index (χ3v) is 4.12. The molecule has 0 aliphatic rings. The van der Waals surface area contributed by atoms with Gasteiger partial charge in [-0.3, -0.25) is 9.59 Å². The van der Waals surface area contributed by atoms with Crippen LogP contribution in [0.25, 0.3) is 17.0 Å². The molecule has 0 bridgehead atoms. The van der Waals surface area contributed by atoms with Gasteiger partial charge in [0, 0.05) is 28.4 Å². The second-order valence-corrected chi connectivity index (χ2v) is 6.02. The number of esters is 1. The summed E-state index contributed by atoms with van der Waals surface area (Å²) in [6.45, 7) is 2.12. The van der Waals surface area contributed by atoms with E-state index in [9.17, 15) is 14.9 Å². The van der Waals surface area contributed by atoms with Crippen LogP contribution >= 0.6 is 0 Å². The summed E-state index contributed by atoms with van der Waals surface area (Å²) in [5, 5.41) is 13.0. The Morgan fingerprint density at radius 1 is 1.14 bits per heavy atom. The molecule has 0 atom stereocenters. The molecule has 6 heteroatoms. The number of amides is 1. The summed E-state index contributed by atoms with van der Waals surface area (Å²) >= 11 is 0. The summed E-state index contributed by atoms with van der Waals surface area (Å²) < 4.78 is 6.77. The maximum atomic E-state index is 12.5. The van der Waals surface area contributed by atoms with Gasteiger partial charge in [-0.1, -0.05) is 36.4 Å². The van der Waals surface area contributed by atoms with Crippen molar-refractivity contribution in [1.29, 1.82) is 5.26 Å². The molecule has 1 N–H and O–H groups in total. The quantitative estimate of drug-likeness (QED) is 0.405. The van der Waals surface area contributed by atoms with Crippen molar-refractivity contribution in [2.45, 2.75) is 13.5 Å². The molecule has 1 amide bonds. The number of nitrogens with zero attached hydrogens (tertiary/aromatic N) is 2. The van der Waals surface area contributed by atoms with Gasteiger partial charge >= 0.3 is 5.97 Å². The van der Waals surface area contributed by atoms with E-state index in [1.54, 1.807) is 42.0 Å². The van der Waals surface area contributed by atoms with E-state index in [1.807, 2.05) is 36.4 Å². The minimum absolute atomic E-state index is 0.0251. The number of aromatic nitrogens is 1. The predicted molar refractivity (Wildman–Crippen MR) is 107 cm³/mol. The number of fused-ring (bicyclic) bond motifs is 1. The fourth-order valence-corrected chi connectivity index (χ4v) is 2.89. The van der Waals surface area contributed by atoms with E-state index in [0.717, 1.165) is 10.9 Å². The number of nitriles is 1. The lowest BCUT2D eigenvalue weighted by molar-refractivity contribution is -0.143. The van der Waals surface area contributed by atoms with Crippen molar-refractivity contribution >= 4 is 34.5 Å². The maximum Gasteiger partial charge on any atom is 0.325 e. The number of carbonyl (C=O) groups excluding carboxylic acids is 2. The lowest BCUT2D eigenvalue weighted by Crippen LogP contribution is -2.13. The molecule has 0 unspecified atom stereocenters. The van der Waals surface area contributed by atoms with Gasteiger partial charge in [-0.15, -0.1) is 0 Å². The molecule has 0 fully saturated rings. The Labute approximate surface area is 162 Å². The van der Waals surface area contributed by atoms with Crippen LogP contribution in [0.4, 0.5) is 5.69 Å². The van der Waals surface area contributed by atoms with Crippen LogP contribution in [0.15, 0.2) is 66.4 Å². The van der Waals surface area contributed by atoms with Crippen molar-refractivity contribution < 1.29 is 14.3 Å². The van der Waals surface area contributed by atoms with Crippen molar-refractivity contribution in [2.24, 2.45) is 0 Å². The van der Waals surface area contributed by atoms with Gasteiger partial charge in [-0.25, -0.2) is 0 Å². The highest BCUT2D eigenvalue weighted by Gasteiger charge is 2.14. The molecular formula is C22H19N3O3. The van der Waals surface area contributed by atoms with E-state index < -0.39 is 5.91 Å². The van der Waals surface area contributed by atoms with Crippen molar-refractivity contribution in [3.8, 4) is 6.07 Å². The summed E-state index contributed by atoms with van der Waals surface area (Å²) in [6, 6.07) is 18.4. The Morgan fingerprint density at radius 2 is 1.86 bits per heavy atom. The summed E-state index contributed by atoms with van der Waals surface area (Å²) in [6.07, 6.45) is 3.27. The Bertz CT molecular complexity index is 1080. The average molecular weight is 373 g/mol. The summed E-state index contributed by atoms with van der Waals surface area (Å²) in [4.78, 5) is 24.4. The third-order valence-electron chi connectivity index (χ3n) is 4.12. The number of benzene rings is 2. The van der Waals surface area contributed by atoms with Gasteiger partial charge in [0.15, 0.2) is 0 Å². The number of para-hydroxylation sites is 2. The summed E-state index contributed by atoms with van der Waals surface area (Å²) in [7, 11) is 0. The second-order valence-electron chi connectivity index (χ2n) is 6.02. The Hall–Kier alpha value is -3.85. The molecule has 28 heavy (non-hydrogen) atoms. The number of carbonyl (C=O) groups is 2. The lowest BCUT2D eigenvalue weighted by atomic mass is 10.1. The van der Waals surface area contributed by atoms with Gasteiger partial charge in [0.1, 0.15) is 18.2 Å². The molecule has 0 saturated heterocycles. The van der Waals surface area contributed by atoms with E-state index >= 15 is 0 Å². The van der Waals surface area contributed by atoms with E-state index in [-0.39, 0.29) is 18.1 Å². The van der Waals surface area contributed by atoms with Crippen LogP contribution < -0.4 is 5.32 Å². The minimum Gasteiger partial charge on any atom is -0.465 e. The Balaban J connectivity index is 1.94. The first kappa shape index (κ1) is 18.9. The van der Waals surface area contributed by atoms with Gasteiger partial charge in [0.25, 0.3) is 5.91 Å². The van der Waals surface area contributed by atoms with Crippen molar-refractivity contribution in [1.82, 2.24) is 4.57 Å². The lowest BCUT2D eigenvalue weighted by Gasteiger charge is -2.04. The number of rotatable bonds is 6. The molecule has 140 valence electrons. The fraction of sp³-hybridized carbons (Fsp3) is 0.136. The highest BCUT2D eigenvalue weighted by Crippen LogP contribution is 2.24. The summed E-state index contributed by atoms with van der Waals surface area (Å²) in [5.41, 5.74) is 2.09. The molecule has 0 aliphatic carbocycles. The monoisotopic (exact) mass is 373 g/mol. The number of ether oxygens (including phenoxy) is 1. The third kappa shape index (κ3) is 4.27. The molecule has 2 aromatic carbocycles. The molecule has 0 radical (unpaired) electrons. The predicted octanol–water partition coefficient (Wildman–Crippen LogP) is 3.75. The minimum atomic E-state index is -0.490. The van der Waals surface area contributed by atoms with Gasteiger partial charge in [0.05, 0.1) is 6.61 Å². The zero-order valence-electron chi connectivity index (χ0n) is 15.4. The van der Waals surface area contributed by atoms with Crippen LogP contribution in [0.2, 0.25) is 0 Å². The van der Waals surface area contributed by atoms with Gasteiger partial charge in [-0.05, 0) is 31.2 Å². The van der Waals surface area contributed by atoms with Gasteiger partial charge in [-0.2, -0.15) is 5.26 Å². The molecule has 0 saturated carbocycles. The van der Waals surface area contributed by atoms with Crippen LogP contribution in [-0.4, -0.2) is 23.1 Å². The number of hydrogen-bond donors (Lipinski definition) is 1.